The first-order chi connectivity index (χ1) is 23.7. The van der Waals surface area contributed by atoms with Gasteiger partial charge in [0, 0.05) is 23.5 Å². The lowest BCUT2D eigenvalue weighted by molar-refractivity contribution is 0.199. The van der Waals surface area contributed by atoms with Gasteiger partial charge < -0.3 is 9.97 Å². The van der Waals surface area contributed by atoms with E-state index in [9.17, 15) is 9.59 Å². The molecule has 0 amide bonds. The third-order valence-electron chi connectivity index (χ3n) is 12.5. The molecule has 6 aliphatic rings. The quantitative estimate of drug-likeness (QED) is 0.246. The zero-order valence-electron chi connectivity index (χ0n) is 27.0. The summed E-state index contributed by atoms with van der Waals surface area (Å²) in [5, 5.41) is 0. The first kappa shape index (κ1) is 28.7. The third kappa shape index (κ3) is 3.64. The summed E-state index contributed by atoms with van der Waals surface area (Å²) < 4.78 is 0. The molecule has 2 aliphatic carbocycles. The number of rotatable bonds is 3. The molecule has 0 spiro atoms. The number of aromatic amines is 2. The normalized spacial score (nSPS) is 30.1. The highest BCUT2D eigenvalue weighted by atomic mass is 16.1. The van der Waals surface area contributed by atoms with E-state index in [4.69, 9.17) is 9.97 Å². The molecule has 48 heavy (non-hydrogen) atoms. The van der Waals surface area contributed by atoms with Crippen LogP contribution < -0.4 is 0 Å². The van der Waals surface area contributed by atoms with E-state index in [-0.39, 0.29) is 12.1 Å². The lowest BCUT2D eigenvalue weighted by Crippen LogP contribution is -2.48. The Bertz CT molecular complexity index is 1870. The monoisotopic (exact) mass is 634 g/mol. The van der Waals surface area contributed by atoms with Crippen LogP contribution in [0.25, 0.3) is 11.1 Å². The number of nitrogens with zero attached hydrogens (tertiary/aromatic N) is 4. The maximum Gasteiger partial charge on any atom is 0.124 e. The number of nitrogens with one attached hydrogen (secondary N) is 2. The third-order valence-corrected chi connectivity index (χ3v) is 12.5. The fourth-order valence-corrected chi connectivity index (χ4v) is 10.5. The molecular weight excluding hydrogens is 596 g/mol. The smallest absolute Gasteiger partial charge is 0.124 e. The lowest BCUT2D eigenvalue weighted by atomic mass is 9.61. The second-order valence-electron chi connectivity index (χ2n) is 14.5. The molecule has 8 nitrogen and oxygen atoms in total. The fraction of sp³-hybridized carbons (Fsp3) is 0.400. The van der Waals surface area contributed by atoms with Gasteiger partial charge in [-0.05, 0) is 99.6 Å². The van der Waals surface area contributed by atoms with Gasteiger partial charge in [-0.25, -0.2) is 19.6 Å². The number of imidazole rings is 2. The van der Waals surface area contributed by atoms with E-state index in [2.05, 4.69) is 80.2 Å². The molecule has 2 N–H and O–H groups in total. The molecule has 6 heterocycles. The van der Waals surface area contributed by atoms with E-state index < -0.39 is 10.8 Å². The Hall–Kier alpha value is -4.32. The average molecular weight is 635 g/mol. The van der Waals surface area contributed by atoms with Gasteiger partial charge in [-0.2, -0.15) is 0 Å². The molecule has 4 fully saturated rings. The summed E-state index contributed by atoms with van der Waals surface area (Å²) in [4.78, 5) is 47.4. The highest BCUT2D eigenvalue weighted by Gasteiger charge is 2.57. The first-order valence-electron chi connectivity index (χ1n) is 17.7. The van der Waals surface area contributed by atoms with Crippen molar-refractivity contribution in [1.29, 1.82) is 0 Å². The minimum Gasteiger partial charge on any atom is -0.343 e. The van der Waals surface area contributed by atoms with E-state index >= 15 is 0 Å². The van der Waals surface area contributed by atoms with Gasteiger partial charge in [-0.15, -0.1) is 0 Å². The van der Waals surface area contributed by atoms with E-state index in [1.54, 1.807) is 0 Å². The molecule has 4 bridgehead atoms. The van der Waals surface area contributed by atoms with Crippen molar-refractivity contribution in [3.63, 3.8) is 0 Å². The Kier molecular flexibility index (Phi) is 6.32. The molecule has 2 radical (unpaired) electrons. The predicted molar refractivity (Wildman–Crippen MR) is 181 cm³/mol. The van der Waals surface area contributed by atoms with Gasteiger partial charge in [-0.1, -0.05) is 48.5 Å². The van der Waals surface area contributed by atoms with Crippen molar-refractivity contribution in [2.75, 3.05) is 13.1 Å². The molecule has 10 rings (SSSR count). The van der Waals surface area contributed by atoms with Gasteiger partial charge in [0.25, 0.3) is 0 Å². The summed E-state index contributed by atoms with van der Waals surface area (Å²) in [7, 11) is 0. The van der Waals surface area contributed by atoms with Crippen LogP contribution >= 0.6 is 0 Å². The van der Waals surface area contributed by atoms with Crippen LogP contribution in [0, 0.1) is 12.1 Å². The summed E-state index contributed by atoms with van der Waals surface area (Å²) >= 11 is 0. The number of benzene rings is 2. The second-order valence-corrected chi connectivity index (χ2v) is 14.5. The summed E-state index contributed by atoms with van der Waals surface area (Å²) in [5.74, 6) is 6.84. The zero-order valence-corrected chi connectivity index (χ0v) is 27.0. The Labute approximate surface area is 280 Å². The number of hydrogen-bond donors (Lipinski definition) is 2. The largest absolute Gasteiger partial charge is 0.343 e. The van der Waals surface area contributed by atoms with E-state index in [0.717, 1.165) is 134 Å². The predicted octanol–water partition coefficient (Wildman–Crippen LogP) is 6.62. The molecule has 2 saturated heterocycles. The maximum atomic E-state index is 12.7. The Morgan fingerprint density at radius 1 is 0.604 bits per heavy atom. The molecule has 2 aromatic carbocycles. The Morgan fingerprint density at radius 3 is 1.46 bits per heavy atom. The number of hydrogen-bond acceptors (Lipinski definition) is 6. The van der Waals surface area contributed by atoms with Crippen LogP contribution in [0.1, 0.15) is 110 Å². The van der Waals surface area contributed by atoms with Gasteiger partial charge in [0.2, 0.25) is 0 Å². The summed E-state index contributed by atoms with van der Waals surface area (Å²) in [5.41, 5.74) is 6.64. The van der Waals surface area contributed by atoms with Crippen LogP contribution in [0.5, 0.6) is 0 Å². The summed E-state index contributed by atoms with van der Waals surface area (Å²) in [6.07, 6.45) is 13.6. The SMILES string of the molecule is O=C=C1CCC[C]2N3CCCC3c3ncc([nH]3)C21c1ccc(-c2ccc([C@]34[C](CCCC3=C=O)N3CCCC3c3ncc4[nH]3)cc2)cc1. The summed E-state index contributed by atoms with van der Waals surface area (Å²) in [6, 6.07) is 20.7. The van der Waals surface area contributed by atoms with Crippen molar-refractivity contribution in [2.24, 2.45) is 0 Å². The minimum absolute atomic E-state index is 0.244. The molecule has 3 unspecified atom stereocenters. The number of fused-ring (bicyclic) bond motifs is 14. The fourth-order valence-electron chi connectivity index (χ4n) is 10.5. The highest BCUT2D eigenvalue weighted by Crippen LogP contribution is 2.59. The standard InChI is InChI=1S/C40H38N6O2/c47-23-29-5-1-9-35-39(29,33-21-41-37(43-33)31-7-3-19-45(31)35)27-15-11-25(12-16-27)26-13-17-28(18-14-26)40-30(24-48)6-2-10-36(40)46-20-4-8-32(46)38-42-22-34(40)44-38/h11-18,21-22,31-32H,1-10,19-20H2,(H,41,43)(H,42,44)/t31?,32?,39-,40?/m0/s1. The van der Waals surface area contributed by atoms with Crippen molar-refractivity contribution in [1.82, 2.24) is 29.7 Å². The van der Waals surface area contributed by atoms with Gasteiger partial charge in [0.05, 0.1) is 46.4 Å². The number of carbonyl (C=O) groups excluding carboxylic acids is 2. The van der Waals surface area contributed by atoms with Gasteiger partial charge in [-0.3, -0.25) is 9.80 Å². The van der Waals surface area contributed by atoms with E-state index in [0.29, 0.717) is 0 Å². The van der Waals surface area contributed by atoms with Crippen molar-refractivity contribution in [3.8, 4) is 11.1 Å². The van der Waals surface area contributed by atoms with Gasteiger partial charge in [0.15, 0.2) is 0 Å². The number of H-pyrrole nitrogens is 2. The van der Waals surface area contributed by atoms with Crippen LogP contribution in [0.4, 0.5) is 0 Å². The van der Waals surface area contributed by atoms with Gasteiger partial charge in [0.1, 0.15) is 23.5 Å². The van der Waals surface area contributed by atoms with Crippen LogP contribution in [-0.4, -0.2) is 54.7 Å². The second kappa shape index (κ2) is 10.6. The molecule has 2 aromatic heterocycles. The summed E-state index contributed by atoms with van der Waals surface area (Å²) in [6.45, 7) is 1.98. The molecular formula is C40H38N6O2. The van der Waals surface area contributed by atoms with Crippen LogP contribution in [-0.2, 0) is 20.4 Å². The van der Waals surface area contributed by atoms with E-state index in [1.165, 1.54) is 12.1 Å². The zero-order chi connectivity index (χ0) is 32.0. The van der Waals surface area contributed by atoms with Crippen molar-refractivity contribution in [2.45, 2.75) is 87.1 Å². The van der Waals surface area contributed by atoms with Gasteiger partial charge >= 0.3 is 0 Å². The number of aromatic nitrogens is 4. The van der Waals surface area contributed by atoms with Crippen LogP contribution in [0.2, 0.25) is 0 Å². The molecule has 4 aromatic rings. The lowest BCUT2D eigenvalue weighted by Gasteiger charge is -2.48. The maximum absolute atomic E-state index is 12.7. The van der Waals surface area contributed by atoms with E-state index in [1.807, 2.05) is 12.4 Å². The van der Waals surface area contributed by atoms with Crippen molar-refractivity contribution < 1.29 is 9.59 Å². The van der Waals surface area contributed by atoms with Crippen LogP contribution in [0.15, 0.2) is 72.1 Å². The highest BCUT2D eigenvalue weighted by molar-refractivity contribution is 5.72. The molecule has 240 valence electrons. The van der Waals surface area contributed by atoms with Crippen molar-refractivity contribution >= 4 is 11.9 Å². The molecule has 8 heteroatoms. The molecule has 4 aliphatic heterocycles. The topological polar surface area (TPSA) is 98.0 Å². The minimum atomic E-state index is -0.660. The molecule has 2 saturated carbocycles. The van der Waals surface area contributed by atoms with Crippen molar-refractivity contribution in [3.05, 3.63) is 118 Å². The Balaban J connectivity index is 1.05. The van der Waals surface area contributed by atoms with Crippen LogP contribution in [0.3, 0.4) is 0 Å². The first-order valence-corrected chi connectivity index (χ1v) is 17.7. The molecule has 4 atom stereocenters. The average Bonchev–Trinajstić information content (AvgIpc) is 3.96. The Morgan fingerprint density at radius 2 is 1.04 bits per heavy atom.